The van der Waals surface area contributed by atoms with E-state index in [4.69, 9.17) is 5.21 Å². The summed E-state index contributed by atoms with van der Waals surface area (Å²) in [5.41, 5.74) is 4.45. The highest BCUT2D eigenvalue weighted by Gasteiger charge is 2.26. The number of benzene rings is 1. The first-order valence-corrected chi connectivity index (χ1v) is 8.54. The van der Waals surface area contributed by atoms with E-state index in [1.54, 1.807) is 11.5 Å². The van der Waals surface area contributed by atoms with Crippen molar-refractivity contribution in [2.75, 3.05) is 0 Å². The predicted molar refractivity (Wildman–Crippen MR) is 86.2 cm³/mol. The fraction of sp³-hybridized carbons (Fsp3) is 0.556. The average Bonchev–Trinajstić information content (AvgIpc) is 2.61. The van der Waals surface area contributed by atoms with Gasteiger partial charge >= 0.3 is 0 Å². The molecule has 1 saturated carbocycles. The molecule has 0 spiro atoms. The molecule has 0 bridgehead atoms. The molecular formula is C18H24N2O3. The Balaban J connectivity index is 1.61. The number of rotatable bonds is 3. The van der Waals surface area contributed by atoms with Gasteiger partial charge in [0.25, 0.3) is 5.91 Å². The van der Waals surface area contributed by atoms with Crippen molar-refractivity contribution in [2.45, 2.75) is 57.4 Å². The lowest BCUT2D eigenvalue weighted by atomic mass is 9.85. The summed E-state index contributed by atoms with van der Waals surface area (Å²) in [5, 5.41) is 11.9. The quantitative estimate of drug-likeness (QED) is 0.592. The van der Waals surface area contributed by atoms with Gasteiger partial charge in [0, 0.05) is 17.5 Å². The topological polar surface area (TPSA) is 78.4 Å². The van der Waals surface area contributed by atoms with Crippen molar-refractivity contribution in [1.29, 1.82) is 0 Å². The third-order valence-corrected chi connectivity index (χ3v) is 5.12. The Morgan fingerprint density at radius 2 is 1.83 bits per heavy atom. The van der Waals surface area contributed by atoms with Crippen LogP contribution in [0.25, 0.3) is 0 Å². The molecule has 2 amide bonds. The normalized spacial score (nSPS) is 21.3. The van der Waals surface area contributed by atoms with Crippen LogP contribution in [-0.2, 0) is 17.6 Å². The summed E-state index contributed by atoms with van der Waals surface area (Å²) in [6.07, 6.45) is 8.19. The van der Waals surface area contributed by atoms with Crippen LogP contribution >= 0.6 is 0 Å². The average molecular weight is 316 g/mol. The van der Waals surface area contributed by atoms with Crippen LogP contribution in [0.2, 0.25) is 0 Å². The van der Waals surface area contributed by atoms with E-state index in [2.05, 4.69) is 5.32 Å². The van der Waals surface area contributed by atoms with E-state index >= 15 is 0 Å². The second-order valence-electron chi connectivity index (χ2n) is 6.71. The molecule has 3 N–H and O–H groups in total. The van der Waals surface area contributed by atoms with Crippen LogP contribution in [0, 0.1) is 5.92 Å². The van der Waals surface area contributed by atoms with Crippen molar-refractivity contribution >= 4 is 11.8 Å². The number of hydrogen-bond donors (Lipinski definition) is 3. The van der Waals surface area contributed by atoms with Crippen LogP contribution in [0.15, 0.2) is 18.2 Å². The zero-order chi connectivity index (χ0) is 16.2. The summed E-state index contributed by atoms with van der Waals surface area (Å²) in [4.78, 5) is 23.8. The van der Waals surface area contributed by atoms with E-state index in [0.29, 0.717) is 5.56 Å². The zero-order valence-electron chi connectivity index (χ0n) is 13.3. The van der Waals surface area contributed by atoms with Crippen LogP contribution in [0.1, 0.15) is 60.0 Å². The molecule has 0 aliphatic heterocycles. The van der Waals surface area contributed by atoms with Gasteiger partial charge in [0.05, 0.1) is 0 Å². The number of carbonyl (C=O) groups excluding carboxylic acids is 2. The van der Waals surface area contributed by atoms with Crippen molar-refractivity contribution in [3.05, 3.63) is 34.9 Å². The molecule has 0 saturated heterocycles. The number of nitrogens with one attached hydrogen (secondary N) is 2. The molecule has 0 aromatic heterocycles. The summed E-state index contributed by atoms with van der Waals surface area (Å²) in [6.45, 7) is 0. The minimum Gasteiger partial charge on any atom is -0.353 e. The van der Waals surface area contributed by atoms with Crippen LogP contribution < -0.4 is 10.8 Å². The molecule has 1 aromatic rings. The van der Waals surface area contributed by atoms with Gasteiger partial charge in [-0.25, -0.2) is 5.48 Å². The van der Waals surface area contributed by atoms with Crippen LogP contribution in [-0.4, -0.2) is 23.1 Å². The smallest absolute Gasteiger partial charge is 0.274 e. The third kappa shape index (κ3) is 3.72. The Bertz CT molecular complexity index is 594. The van der Waals surface area contributed by atoms with E-state index in [0.717, 1.165) is 37.7 Å². The summed E-state index contributed by atoms with van der Waals surface area (Å²) in [7, 11) is 0. The van der Waals surface area contributed by atoms with Gasteiger partial charge in [0.2, 0.25) is 5.91 Å². The Morgan fingerprint density at radius 1 is 1.04 bits per heavy atom. The summed E-state index contributed by atoms with van der Waals surface area (Å²) in [5.74, 6) is -0.0734. The largest absolute Gasteiger partial charge is 0.353 e. The van der Waals surface area contributed by atoms with E-state index < -0.39 is 5.91 Å². The van der Waals surface area contributed by atoms with Crippen molar-refractivity contribution in [3.8, 4) is 0 Å². The SMILES string of the molecule is O=C(NO)c1ccc2c(c1)CCC(NC(=O)C1CCCCC1)C2. The third-order valence-electron chi connectivity index (χ3n) is 5.12. The molecule has 0 heterocycles. The maximum absolute atomic E-state index is 12.4. The number of hydroxylamine groups is 1. The Hall–Kier alpha value is -1.88. The second kappa shape index (κ2) is 7.13. The molecule has 5 nitrogen and oxygen atoms in total. The molecule has 2 aliphatic rings. The molecular weight excluding hydrogens is 292 g/mol. The zero-order valence-corrected chi connectivity index (χ0v) is 13.3. The number of amides is 2. The number of carbonyl (C=O) groups is 2. The molecule has 5 heteroatoms. The number of fused-ring (bicyclic) bond motifs is 1. The lowest BCUT2D eigenvalue weighted by Crippen LogP contribution is -2.42. The first kappa shape index (κ1) is 16.0. The maximum atomic E-state index is 12.4. The van der Waals surface area contributed by atoms with E-state index in [-0.39, 0.29) is 17.9 Å². The number of aryl methyl sites for hydroxylation is 1. The maximum Gasteiger partial charge on any atom is 0.274 e. The Morgan fingerprint density at radius 3 is 2.57 bits per heavy atom. The molecule has 1 atom stereocenters. The minimum absolute atomic E-state index is 0.189. The summed E-state index contributed by atoms with van der Waals surface area (Å²) in [6, 6.07) is 5.67. The van der Waals surface area contributed by atoms with Crippen LogP contribution in [0.5, 0.6) is 0 Å². The van der Waals surface area contributed by atoms with Crippen molar-refractivity contribution in [2.24, 2.45) is 5.92 Å². The summed E-state index contributed by atoms with van der Waals surface area (Å²) >= 11 is 0. The second-order valence-corrected chi connectivity index (χ2v) is 6.71. The molecule has 23 heavy (non-hydrogen) atoms. The highest BCUT2D eigenvalue weighted by molar-refractivity contribution is 5.93. The lowest BCUT2D eigenvalue weighted by molar-refractivity contribution is -0.126. The Kier molecular flexibility index (Phi) is 4.96. The van der Waals surface area contributed by atoms with Gasteiger partial charge in [0.15, 0.2) is 0 Å². The molecule has 0 radical (unpaired) electrons. The monoisotopic (exact) mass is 316 g/mol. The minimum atomic E-state index is -0.486. The van der Waals surface area contributed by atoms with Crippen molar-refractivity contribution < 1.29 is 14.8 Å². The predicted octanol–water partition coefficient (Wildman–Crippen LogP) is 2.36. The highest BCUT2D eigenvalue weighted by Crippen LogP contribution is 2.26. The van der Waals surface area contributed by atoms with Crippen LogP contribution in [0.4, 0.5) is 0 Å². The standard InChI is InChI=1S/C18H24N2O3/c21-17(12-4-2-1-3-5-12)19-16-9-8-13-10-15(18(22)20-23)7-6-14(13)11-16/h6-7,10,12,16,23H,1-5,8-9,11H2,(H,19,21)(H,20,22). The fourth-order valence-electron chi connectivity index (χ4n) is 3.77. The van der Waals surface area contributed by atoms with E-state index in [9.17, 15) is 9.59 Å². The molecule has 1 fully saturated rings. The highest BCUT2D eigenvalue weighted by atomic mass is 16.5. The molecule has 1 unspecified atom stereocenters. The van der Waals surface area contributed by atoms with Crippen molar-refractivity contribution in [3.63, 3.8) is 0 Å². The van der Waals surface area contributed by atoms with E-state index in [1.165, 1.54) is 24.8 Å². The van der Waals surface area contributed by atoms with Gasteiger partial charge in [-0.1, -0.05) is 25.3 Å². The van der Waals surface area contributed by atoms with Crippen LogP contribution in [0.3, 0.4) is 0 Å². The lowest BCUT2D eigenvalue weighted by Gasteiger charge is -2.28. The Labute approximate surface area is 136 Å². The molecule has 2 aliphatic carbocycles. The molecule has 1 aromatic carbocycles. The fourth-order valence-corrected chi connectivity index (χ4v) is 3.77. The van der Waals surface area contributed by atoms with Gasteiger partial charge in [-0.15, -0.1) is 0 Å². The first-order valence-electron chi connectivity index (χ1n) is 8.54. The first-order chi connectivity index (χ1) is 11.2. The van der Waals surface area contributed by atoms with E-state index in [1.807, 2.05) is 12.1 Å². The van der Waals surface area contributed by atoms with Gasteiger partial charge < -0.3 is 5.32 Å². The summed E-state index contributed by atoms with van der Waals surface area (Å²) < 4.78 is 0. The molecule has 124 valence electrons. The van der Waals surface area contributed by atoms with Gasteiger partial charge in [-0.2, -0.15) is 0 Å². The van der Waals surface area contributed by atoms with Gasteiger partial charge in [-0.3, -0.25) is 14.8 Å². The van der Waals surface area contributed by atoms with Crippen molar-refractivity contribution in [1.82, 2.24) is 10.8 Å². The van der Waals surface area contributed by atoms with Gasteiger partial charge in [0.1, 0.15) is 0 Å². The number of hydrogen-bond acceptors (Lipinski definition) is 3. The van der Waals surface area contributed by atoms with Gasteiger partial charge in [-0.05, 0) is 55.4 Å². The molecule has 3 rings (SSSR count).